The van der Waals surface area contributed by atoms with Crippen LogP contribution in [0.2, 0.25) is 0 Å². The van der Waals surface area contributed by atoms with Gasteiger partial charge in [-0.1, -0.05) is 50.7 Å². The molecule has 4 rings (SSSR count). The van der Waals surface area contributed by atoms with E-state index in [0.717, 1.165) is 60.5 Å². The third-order valence-electron chi connectivity index (χ3n) is 6.97. The van der Waals surface area contributed by atoms with E-state index in [2.05, 4.69) is 22.3 Å². The molecule has 1 aliphatic carbocycles. The fourth-order valence-corrected chi connectivity index (χ4v) is 5.08. The number of hydrogen-bond donors (Lipinski definition) is 1. The van der Waals surface area contributed by atoms with Crippen molar-refractivity contribution in [1.29, 1.82) is 0 Å². The summed E-state index contributed by atoms with van der Waals surface area (Å²) in [4.78, 5) is 15.1. The predicted octanol–water partition coefficient (Wildman–Crippen LogP) is 5.79. The Bertz CT molecular complexity index is 838. The average Bonchev–Trinajstić information content (AvgIpc) is 2.83. The molecule has 1 N–H and O–H groups in total. The number of carbonyl (C=O) groups is 1. The molecule has 0 atom stereocenters. The molecule has 4 heteroatoms. The molecule has 2 aromatic rings. The lowest BCUT2D eigenvalue weighted by molar-refractivity contribution is 0.0950. The summed E-state index contributed by atoms with van der Waals surface area (Å²) in [7, 11) is 0. The van der Waals surface area contributed by atoms with Crippen LogP contribution >= 0.6 is 0 Å². The Balaban J connectivity index is 1.23. The van der Waals surface area contributed by atoms with E-state index >= 15 is 0 Å². The molecule has 0 aromatic heterocycles. The summed E-state index contributed by atoms with van der Waals surface area (Å²) in [5.74, 6) is 1.75. The molecule has 31 heavy (non-hydrogen) atoms. The van der Waals surface area contributed by atoms with Crippen LogP contribution in [-0.2, 0) is 0 Å². The van der Waals surface area contributed by atoms with E-state index in [1.54, 1.807) is 0 Å². The van der Waals surface area contributed by atoms with Crippen molar-refractivity contribution in [3.05, 3.63) is 42.0 Å². The van der Waals surface area contributed by atoms with Crippen LogP contribution in [0.1, 0.15) is 74.6 Å². The van der Waals surface area contributed by atoms with E-state index in [4.69, 9.17) is 4.74 Å². The second kappa shape index (κ2) is 11.5. The molecule has 1 saturated carbocycles. The van der Waals surface area contributed by atoms with Crippen LogP contribution in [0.3, 0.4) is 0 Å². The van der Waals surface area contributed by atoms with Gasteiger partial charge in [-0.05, 0) is 79.7 Å². The van der Waals surface area contributed by atoms with Crippen LogP contribution in [-0.4, -0.2) is 43.6 Å². The zero-order valence-electron chi connectivity index (χ0n) is 18.9. The molecule has 0 bridgehead atoms. The number of carbonyl (C=O) groups excluding carboxylic acids is 1. The van der Waals surface area contributed by atoms with Gasteiger partial charge in [-0.15, -0.1) is 0 Å². The molecule has 168 valence electrons. The van der Waals surface area contributed by atoms with Gasteiger partial charge in [-0.3, -0.25) is 4.79 Å². The first-order valence-electron chi connectivity index (χ1n) is 12.4. The Morgan fingerprint density at radius 3 is 2.52 bits per heavy atom. The van der Waals surface area contributed by atoms with Crippen molar-refractivity contribution < 1.29 is 9.53 Å². The molecule has 2 aromatic carbocycles. The van der Waals surface area contributed by atoms with Gasteiger partial charge >= 0.3 is 0 Å². The van der Waals surface area contributed by atoms with Gasteiger partial charge < -0.3 is 15.0 Å². The monoisotopic (exact) mass is 422 g/mol. The topological polar surface area (TPSA) is 41.6 Å². The lowest BCUT2D eigenvalue weighted by Crippen LogP contribution is -2.31. The van der Waals surface area contributed by atoms with Crippen molar-refractivity contribution in [2.45, 2.75) is 64.2 Å². The van der Waals surface area contributed by atoms with Crippen LogP contribution in [0.25, 0.3) is 10.8 Å². The van der Waals surface area contributed by atoms with Crippen molar-refractivity contribution in [1.82, 2.24) is 10.2 Å². The smallest absolute Gasteiger partial charge is 0.251 e. The Morgan fingerprint density at radius 1 is 0.935 bits per heavy atom. The minimum Gasteiger partial charge on any atom is -0.494 e. The van der Waals surface area contributed by atoms with Gasteiger partial charge in [0.25, 0.3) is 5.91 Å². The van der Waals surface area contributed by atoms with E-state index < -0.39 is 0 Å². The fourth-order valence-electron chi connectivity index (χ4n) is 5.08. The van der Waals surface area contributed by atoms with Crippen molar-refractivity contribution >= 4 is 16.7 Å². The van der Waals surface area contributed by atoms with Gasteiger partial charge in [0.15, 0.2) is 0 Å². The van der Waals surface area contributed by atoms with Crippen LogP contribution in [0, 0.1) is 5.92 Å². The van der Waals surface area contributed by atoms with Gasteiger partial charge in [0.05, 0.1) is 6.61 Å². The first-order chi connectivity index (χ1) is 15.3. The summed E-state index contributed by atoms with van der Waals surface area (Å²) in [5.41, 5.74) is 0.742. The Morgan fingerprint density at radius 2 is 1.68 bits per heavy atom. The number of hydrogen-bond acceptors (Lipinski definition) is 3. The summed E-state index contributed by atoms with van der Waals surface area (Å²) in [6, 6.07) is 12.1. The van der Waals surface area contributed by atoms with E-state index in [9.17, 15) is 4.79 Å². The molecule has 0 unspecified atom stereocenters. The van der Waals surface area contributed by atoms with Crippen LogP contribution < -0.4 is 10.1 Å². The quantitative estimate of drug-likeness (QED) is 0.520. The fraction of sp³-hybridized carbons (Fsp3) is 0.593. The number of piperidine rings is 1. The predicted molar refractivity (Wildman–Crippen MR) is 128 cm³/mol. The number of likely N-dealkylation sites (tertiary alicyclic amines) is 1. The molecule has 1 heterocycles. The van der Waals surface area contributed by atoms with E-state index in [0.29, 0.717) is 0 Å². The maximum Gasteiger partial charge on any atom is 0.251 e. The van der Waals surface area contributed by atoms with Gasteiger partial charge in [0.2, 0.25) is 0 Å². The Hall–Kier alpha value is -2.07. The molecule has 2 aliphatic rings. The maximum absolute atomic E-state index is 12.6. The Labute approximate surface area is 187 Å². The minimum atomic E-state index is 0.0377. The number of fused-ring (bicyclic) bond motifs is 1. The molecule has 4 nitrogen and oxygen atoms in total. The number of ether oxygens (including phenoxy) is 1. The number of rotatable bonds is 9. The highest BCUT2D eigenvalue weighted by atomic mass is 16.5. The largest absolute Gasteiger partial charge is 0.494 e. The van der Waals surface area contributed by atoms with E-state index in [1.165, 1.54) is 64.5 Å². The van der Waals surface area contributed by atoms with E-state index in [1.807, 2.05) is 24.3 Å². The summed E-state index contributed by atoms with van der Waals surface area (Å²) in [6.07, 6.45) is 13.0. The molecular weight excluding hydrogens is 384 g/mol. The van der Waals surface area contributed by atoms with Gasteiger partial charge in [0.1, 0.15) is 5.75 Å². The highest BCUT2D eigenvalue weighted by Gasteiger charge is 2.14. The highest BCUT2D eigenvalue weighted by molar-refractivity contribution is 5.98. The lowest BCUT2D eigenvalue weighted by atomic mass is 9.87. The second-order valence-corrected chi connectivity index (χ2v) is 9.38. The highest BCUT2D eigenvalue weighted by Crippen LogP contribution is 2.26. The minimum absolute atomic E-state index is 0.0377. The average molecular weight is 423 g/mol. The third kappa shape index (κ3) is 6.70. The SMILES string of the molecule is O=C(NCCC1CCCCC1)c1ccc2cc(OCCCN3CCCCC3)ccc2c1. The van der Waals surface area contributed by atoms with Crippen LogP contribution in [0.4, 0.5) is 0 Å². The normalized spacial score (nSPS) is 18.2. The molecular formula is C27H38N2O2. The zero-order valence-corrected chi connectivity index (χ0v) is 18.9. The second-order valence-electron chi connectivity index (χ2n) is 9.38. The summed E-state index contributed by atoms with van der Waals surface area (Å²) >= 11 is 0. The number of nitrogens with zero attached hydrogens (tertiary/aromatic N) is 1. The zero-order chi connectivity index (χ0) is 21.3. The van der Waals surface area contributed by atoms with Gasteiger partial charge in [0, 0.05) is 18.7 Å². The van der Waals surface area contributed by atoms with Crippen molar-refractivity contribution in [2.24, 2.45) is 5.92 Å². The molecule has 0 spiro atoms. The first-order valence-corrected chi connectivity index (χ1v) is 12.4. The molecule has 1 saturated heterocycles. The first kappa shape index (κ1) is 22.1. The van der Waals surface area contributed by atoms with Crippen LogP contribution in [0.15, 0.2) is 36.4 Å². The number of amides is 1. The van der Waals surface area contributed by atoms with Gasteiger partial charge in [-0.25, -0.2) is 0 Å². The van der Waals surface area contributed by atoms with Crippen LogP contribution in [0.5, 0.6) is 5.75 Å². The third-order valence-corrected chi connectivity index (χ3v) is 6.97. The standard InChI is InChI=1S/C27H38N2O2/c30-27(28-15-14-22-8-3-1-4-9-22)25-11-10-24-21-26(13-12-23(24)20-25)31-19-7-18-29-16-5-2-6-17-29/h10-13,20-22H,1-9,14-19H2,(H,28,30). The Kier molecular flexibility index (Phi) is 8.23. The molecule has 1 aliphatic heterocycles. The molecule has 2 fully saturated rings. The number of benzene rings is 2. The molecule has 1 amide bonds. The van der Waals surface area contributed by atoms with E-state index in [-0.39, 0.29) is 5.91 Å². The summed E-state index contributed by atoms with van der Waals surface area (Å²) in [6.45, 7) is 5.15. The van der Waals surface area contributed by atoms with Gasteiger partial charge in [-0.2, -0.15) is 0 Å². The van der Waals surface area contributed by atoms with Crippen molar-refractivity contribution in [3.8, 4) is 5.75 Å². The summed E-state index contributed by atoms with van der Waals surface area (Å²) in [5, 5.41) is 5.32. The number of nitrogens with one attached hydrogen (secondary N) is 1. The summed E-state index contributed by atoms with van der Waals surface area (Å²) < 4.78 is 5.99. The maximum atomic E-state index is 12.6. The van der Waals surface area contributed by atoms with Crippen molar-refractivity contribution in [2.75, 3.05) is 32.8 Å². The lowest BCUT2D eigenvalue weighted by Gasteiger charge is -2.26. The molecule has 0 radical (unpaired) electrons. The van der Waals surface area contributed by atoms with Crippen molar-refractivity contribution in [3.63, 3.8) is 0 Å².